The van der Waals surface area contributed by atoms with Gasteiger partial charge in [0.1, 0.15) is 0 Å². The third-order valence-electron chi connectivity index (χ3n) is 5.43. The first-order valence-electron chi connectivity index (χ1n) is 8.79. The molecule has 0 aromatic heterocycles. The van der Waals surface area contributed by atoms with Gasteiger partial charge in [0.2, 0.25) is 5.91 Å². The molecule has 2 saturated carbocycles. The van der Waals surface area contributed by atoms with Crippen LogP contribution in [0.3, 0.4) is 0 Å². The molecule has 0 saturated heterocycles. The summed E-state index contributed by atoms with van der Waals surface area (Å²) >= 11 is 0. The van der Waals surface area contributed by atoms with Gasteiger partial charge < -0.3 is 10.6 Å². The highest BCUT2D eigenvalue weighted by atomic mass is 35.5. The summed E-state index contributed by atoms with van der Waals surface area (Å²) in [5.41, 5.74) is 7.38. The van der Waals surface area contributed by atoms with Crippen molar-refractivity contribution in [3.8, 4) is 0 Å². The van der Waals surface area contributed by atoms with Crippen LogP contribution in [0.1, 0.15) is 50.5 Å². The number of carbonyl (C=O) groups is 1. The molecule has 2 atom stereocenters. The molecule has 0 unspecified atom stereocenters. The summed E-state index contributed by atoms with van der Waals surface area (Å²) in [5.74, 6) is 1.41. The summed E-state index contributed by atoms with van der Waals surface area (Å²) in [5, 5.41) is 0. The van der Waals surface area contributed by atoms with Crippen LogP contribution in [0.4, 0.5) is 0 Å². The van der Waals surface area contributed by atoms with Crippen molar-refractivity contribution in [3.05, 3.63) is 35.9 Å². The number of carbonyl (C=O) groups excluding carboxylic acids is 1. The van der Waals surface area contributed by atoms with E-state index in [0.717, 1.165) is 25.9 Å². The van der Waals surface area contributed by atoms with Crippen molar-refractivity contribution >= 4 is 18.3 Å². The Kier molecular flexibility index (Phi) is 6.91. The van der Waals surface area contributed by atoms with E-state index < -0.39 is 0 Å². The van der Waals surface area contributed by atoms with Gasteiger partial charge in [-0.2, -0.15) is 0 Å². The molecule has 3 nitrogen and oxygen atoms in total. The largest absolute Gasteiger partial charge is 0.338 e. The van der Waals surface area contributed by atoms with E-state index in [1.54, 1.807) is 0 Å². The van der Waals surface area contributed by atoms with Gasteiger partial charge in [0, 0.05) is 25.6 Å². The van der Waals surface area contributed by atoms with Crippen molar-refractivity contribution in [1.82, 2.24) is 4.90 Å². The van der Waals surface area contributed by atoms with E-state index in [4.69, 9.17) is 5.73 Å². The second kappa shape index (κ2) is 8.70. The van der Waals surface area contributed by atoms with Crippen LogP contribution in [-0.2, 0) is 11.3 Å². The Labute approximate surface area is 146 Å². The maximum Gasteiger partial charge on any atom is 0.223 e. The molecule has 0 heterocycles. The lowest BCUT2D eigenvalue weighted by Crippen LogP contribution is -2.39. The van der Waals surface area contributed by atoms with Gasteiger partial charge in [0.25, 0.3) is 0 Å². The zero-order chi connectivity index (χ0) is 15.4. The van der Waals surface area contributed by atoms with Crippen molar-refractivity contribution in [1.29, 1.82) is 0 Å². The van der Waals surface area contributed by atoms with Gasteiger partial charge in [0.15, 0.2) is 0 Å². The van der Waals surface area contributed by atoms with E-state index in [2.05, 4.69) is 17.0 Å². The fourth-order valence-electron chi connectivity index (χ4n) is 3.72. The Morgan fingerprint density at radius 3 is 2.35 bits per heavy atom. The van der Waals surface area contributed by atoms with E-state index >= 15 is 0 Å². The van der Waals surface area contributed by atoms with E-state index in [-0.39, 0.29) is 18.4 Å². The summed E-state index contributed by atoms with van der Waals surface area (Å²) in [6, 6.07) is 10.6. The topological polar surface area (TPSA) is 46.3 Å². The van der Waals surface area contributed by atoms with E-state index in [0.29, 0.717) is 24.2 Å². The number of halogens is 1. The van der Waals surface area contributed by atoms with Crippen LogP contribution in [0, 0.1) is 11.8 Å². The van der Waals surface area contributed by atoms with Gasteiger partial charge in [-0.15, -0.1) is 12.4 Å². The molecule has 4 heteroatoms. The number of hydrogen-bond acceptors (Lipinski definition) is 2. The third kappa shape index (κ3) is 4.95. The predicted molar refractivity (Wildman–Crippen MR) is 96.4 cm³/mol. The number of benzene rings is 1. The van der Waals surface area contributed by atoms with Crippen molar-refractivity contribution in [2.75, 3.05) is 6.54 Å². The monoisotopic (exact) mass is 336 g/mol. The SMILES string of the molecule is Cl.N[C@@H]1CCC[C@H]1CC(=O)N(Cc1ccccc1)CC1CCC1. The summed E-state index contributed by atoms with van der Waals surface area (Å²) in [7, 11) is 0. The molecule has 0 bridgehead atoms. The minimum atomic E-state index is 0. The number of amides is 1. The lowest BCUT2D eigenvalue weighted by molar-refractivity contribution is -0.134. The molecule has 2 aliphatic rings. The number of rotatable bonds is 6. The van der Waals surface area contributed by atoms with Crippen LogP contribution >= 0.6 is 12.4 Å². The van der Waals surface area contributed by atoms with Gasteiger partial charge in [-0.25, -0.2) is 0 Å². The molecule has 2 fully saturated rings. The highest BCUT2D eigenvalue weighted by Crippen LogP contribution is 2.30. The molecule has 1 aromatic carbocycles. The Morgan fingerprint density at radius 2 is 1.78 bits per heavy atom. The molecule has 2 aliphatic carbocycles. The van der Waals surface area contributed by atoms with E-state index in [1.807, 2.05) is 18.2 Å². The van der Waals surface area contributed by atoms with Crippen molar-refractivity contribution < 1.29 is 4.79 Å². The first-order chi connectivity index (χ1) is 10.7. The molecule has 3 rings (SSSR count). The van der Waals surface area contributed by atoms with Crippen LogP contribution in [0.2, 0.25) is 0 Å². The Bertz CT molecular complexity index is 489. The molecule has 0 radical (unpaired) electrons. The molecule has 0 aliphatic heterocycles. The van der Waals surface area contributed by atoms with Gasteiger partial charge in [-0.05, 0) is 43.1 Å². The average Bonchev–Trinajstić information content (AvgIpc) is 2.88. The molecule has 0 spiro atoms. The van der Waals surface area contributed by atoms with Crippen LogP contribution in [0.25, 0.3) is 0 Å². The second-order valence-corrected chi connectivity index (χ2v) is 7.12. The van der Waals surface area contributed by atoms with Crippen molar-refractivity contribution in [3.63, 3.8) is 0 Å². The first kappa shape index (κ1) is 18.3. The van der Waals surface area contributed by atoms with Crippen LogP contribution in [0.5, 0.6) is 0 Å². The Balaban J connectivity index is 0.00000192. The maximum absolute atomic E-state index is 12.8. The van der Waals surface area contributed by atoms with E-state index in [9.17, 15) is 4.79 Å². The van der Waals surface area contributed by atoms with Crippen molar-refractivity contribution in [2.45, 2.75) is 57.5 Å². The smallest absolute Gasteiger partial charge is 0.223 e. The van der Waals surface area contributed by atoms with Gasteiger partial charge in [0.05, 0.1) is 0 Å². The highest BCUT2D eigenvalue weighted by molar-refractivity contribution is 5.85. The second-order valence-electron chi connectivity index (χ2n) is 7.12. The summed E-state index contributed by atoms with van der Waals surface area (Å²) < 4.78 is 0. The fourth-order valence-corrected chi connectivity index (χ4v) is 3.72. The third-order valence-corrected chi connectivity index (χ3v) is 5.43. The molecule has 1 amide bonds. The van der Waals surface area contributed by atoms with Gasteiger partial charge in [-0.3, -0.25) is 4.79 Å². The minimum Gasteiger partial charge on any atom is -0.338 e. The quantitative estimate of drug-likeness (QED) is 0.859. The summed E-state index contributed by atoms with van der Waals surface area (Å²) in [4.78, 5) is 14.9. The Morgan fingerprint density at radius 1 is 1.09 bits per heavy atom. The lowest BCUT2D eigenvalue weighted by Gasteiger charge is -2.33. The molecule has 23 heavy (non-hydrogen) atoms. The van der Waals surface area contributed by atoms with Crippen LogP contribution in [-0.4, -0.2) is 23.4 Å². The maximum atomic E-state index is 12.8. The molecular formula is C19H29ClN2O. The molecule has 2 N–H and O–H groups in total. The zero-order valence-corrected chi connectivity index (χ0v) is 14.6. The normalized spacial score (nSPS) is 23.9. The zero-order valence-electron chi connectivity index (χ0n) is 13.8. The summed E-state index contributed by atoms with van der Waals surface area (Å²) in [6.07, 6.45) is 7.91. The summed E-state index contributed by atoms with van der Waals surface area (Å²) in [6.45, 7) is 1.67. The molecule has 128 valence electrons. The number of nitrogens with two attached hydrogens (primary N) is 1. The van der Waals surface area contributed by atoms with Crippen LogP contribution in [0.15, 0.2) is 30.3 Å². The van der Waals surface area contributed by atoms with Gasteiger partial charge >= 0.3 is 0 Å². The number of nitrogens with zero attached hydrogens (tertiary/aromatic N) is 1. The first-order valence-corrected chi connectivity index (χ1v) is 8.79. The van der Waals surface area contributed by atoms with Crippen molar-refractivity contribution in [2.24, 2.45) is 17.6 Å². The Hall–Kier alpha value is -1.06. The lowest BCUT2D eigenvalue weighted by atomic mass is 9.85. The van der Waals surface area contributed by atoms with E-state index in [1.165, 1.54) is 31.2 Å². The fraction of sp³-hybridized carbons (Fsp3) is 0.632. The molecule has 1 aromatic rings. The highest BCUT2D eigenvalue weighted by Gasteiger charge is 2.29. The predicted octanol–water partition coefficient (Wildman–Crippen LogP) is 3.75. The van der Waals surface area contributed by atoms with Gasteiger partial charge in [-0.1, -0.05) is 43.2 Å². The average molecular weight is 337 g/mol. The number of hydrogen-bond donors (Lipinski definition) is 1. The minimum absolute atomic E-state index is 0. The molecular weight excluding hydrogens is 308 g/mol. The van der Waals surface area contributed by atoms with Crippen LogP contribution < -0.4 is 5.73 Å². The standard InChI is InChI=1S/C19H28N2O.ClH/c20-18-11-5-10-17(18)12-19(22)21(14-16-8-4-9-16)13-15-6-2-1-3-7-15;/h1-3,6-7,16-18H,4-5,8-14,20H2;1H/t17-,18+;/m0./s1.